The van der Waals surface area contributed by atoms with Crippen LogP contribution in [0.1, 0.15) is 55.5 Å². The first-order chi connectivity index (χ1) is 19.7. The Morgan fingerprint density at radius 1 is 1.19 bits per heavy atom. The summed E-state index contributed by atoms with van der Waals surface area (Å²) in [6, 6.07) is 7.40. The fourth-order valence-corrected chi connectivity index (χ4v) is 4.40. The van der Waals surface area contributed by atoms with Crippen LogP contribution in [0.2, 0.25) is 5.02 Å². The van der Waals surface area contributed by atoms with Crippen molar-refractivity contribution in [3.63, 3.8) is 0 Å². The molecule has 3 rings (SSSR count). The fraction of sp³-hybridized carbons (Fsp3) is 0.323. The van der Waals surface area contributed by atoms with Gasteiger partial charge in [0, 0.05) is 10.6 Å². The predicted octanol–water partition coefficient (Wildman–Crippen LogP) is 7.78. The first-order valence-electron chi connectivity index (χ1n) is 13.2. The van der Waals surface area contributed by atoms with Crippen molar-refractivity contribution in [2.24, 2.45) is 0 Å². The van der Waals surface area contributed by atoms with Crippen LogP contribution < -0.4 is 10.2 Å². The molecule has 42 heavy (non-hydrogen) atoms. The average molecular weight is 603 g/mol. The number of likely N-dealkylation sites (N-methyl/N-ethyl adjacent to an activating group) is 1. The Hall–Kier alpha value is -3.89. The van der Waals surface area contributed by atoms with Gasteiger partial charge < -0.3 is 20.1 Å². The number of aromatic amines is 1. The summed E-state index contributed by atoms with van der Waals surface area (Å²) in [5.74, 6) is -0.249. The summed E-state index contributed by atoms with van der Waals surface area (Å²) in [6.45, 7) is 13.2. The number of H-pyrrole nitrogens is 1. The number of carbonyl (C=O) groups is 1. The maximum absolute atomic E-state index is 14.4. The second-order valence-corrected chi connectivity index (χ2v) is 10.3. The molecule has 0 saturated heterocycles. The molecule has 0 bridgehead atoms. The molecule has 0 aliphatic heterocycles. The van der Waals surface area contributed by atoms with Gasteiger partial charge in [0.25, 0.3) is 5.91 Å². The van der Waals surface area contributed by atoms with E-state index in [4.69, 9.17) is 17.0 Å². The second-order valence-electron chi connectivity index (χ2n) is 9.88. The molecule has 0 fully saturated rings. The number of halogens is 4. The van der Waals surface area contributed by atoms with Gasteiger partial charge in [-0.05, 0) is 78.2 Å². The number of hydrogen-bond acceptors (Lipinski definition) is 4. The predicted molar refractivity (Wildman–Crippen MR) is 166 cm³/mol. The van der Waals surface area contributed by atoms with E-state index in [2.05, 4.69) is 28.4 Å². The van der Waals surface area contributed by atoms with E-state index >= 15 is 0 Å². The summed E-state index contributed by atoms with van der Waals surface area (Å²) < 4.78 is 43.3. The van der Waals surface area contributed by atoms with Crippen LogP contribution in [-0.4, -0.2) is 53.3 Å². The topological polar surface area (TPSA) is 88.1 Å². The number of anilines is 1. The molecule has 0 radical (unpaired) electrons. The molecule has 1 aromatic heterocycles. The first kappa shape index (κ1) is 34.3. The van der Waals surface area contributed by atoms with Gasteiger partial charge in [-0.3, -0.25) is 10.2 Å². The van der Waals surface area contributed by atoms with Gasteiger partial charge in [-0.1, -0.05) is 35.4 Å². The van der Waals surface area contributed by atoms with Crippen LogP contribution >= 0.6 is 11.6 Å². The number of alkyl halides is 3. The number of aromatic nitrogens is 2. The highest BCUT2D eigenvalue weighted by Crippen LogP contribution is 2.39. The number of nitrogens with zero attached hydrogens (tertiary/aromatic N) is 3. The van der Waals surface area contributed by atoms with Gasteiger partial charge in [0.1, 0.15) is 11.7 Å². The number of hydrogen-bond donors (Lipinski definition) is 3. The summed E-state index contributed by atoms with van der Waals surface area (Å²) >= 11 is 6.03. The molecule has 7 nitrogen and oxygen atoms in total. The van der Waals surface area contributed by atoms with Crippen molar-refractivity contribution in [3.8, 4) is 0 Å². The molecular weight excluding hydrogens is 565 g/mol. The summed E-state index contributed by atoms with van der Waals surface area (Å²) in [7, 11) is 3.49. The Kier molecular flexibility index (Phi) is 12.1. The van der Waals surface area contributed by atoms with Gasteiger partial charge >= 0.3 is 6.18 Å². The van der Waals surface area contributed by atoms with Crippen molar-refractivity contribution in [1.82, 2.24) is 20.2 Å². The number of nitrogens with one attached hydrogen (secondary N) is 3. The highest BCUT2D eigenvalue weighted by atomic mass is 35.5. The molecule has 2 aromatic carbocycles. The molecule has 1 unspecified atom stereocenters. The lowest BCUT2D eigenvalue weighted by molar-refractivity contribution is -0.137. The number of allylic oxidation sites excluding steroid dienone is 3. The number of rotatable bonds is 9. The maximum atomic E-state index is 14.4. The second kappa shape index (κ2) is 14.8. The van der Waals surface area contributed by atoms with Crippen LogP contribution in [0, 0.1) is 5.41 Å². The molecule has 1 amide bonds. The molecule has 0 spiro atoms. The molecule has 0 aliphatic rings. The van der Waals surface area contributed by atoms with Crippen molar-refractivity contribution < 1.29 is 18.0 Å². The Morgan fingerprint density at radius 3 is 2.45 bits per heavy atom. The zero-order chi connectivity index (χ0) is 31.8. The van der Waals surface area contributed by atoms with Crippen molar-refractivity contribution in [1.29, 1.82) is 5.41 Å². The smallest absolute Gasteiger partial charge is 0.342 e. The summed E-state index contributed by atoms with van der Waals surface area (Å²) in [4.78, 5) is 23.7. The lowest BCUT2D eigenvalue weighted by Crippen LogP contribution is -2.44. The molecule has 3 N–H and O–H groups in total. The van der Waals surface area contributed by atoms with Gasteiger partial charge in [-0.2, -0.15) is 13.2 Å². The monoisotopic (exact) mass is 602 g/mol. The molecule has 0 saturated carbocycles. The lowest BCUT2D eigenvalue weighted by Gasteiger charge is -2.35. The number of amides is 1. The van der Waals surface area contributed by atoms with Crippen LogP contribution in [0.5, 0.6) is 0 Å². The number of fused-ring (bicyclic) bond motifs is 1. The quantitative estimate of drug-likeness (QED) is 0.101. The van der Waals surface area contributed by atoms with Crippen molar-refractivity contribution in [2.75, 3.05) is 25.5 Å². The molecule has 226 valence electrons. The maximum Gasteiger partial charge on any atom is 0.418 e. The van der Waals surface area contributed by atoms with Gasteiger partial charge in [0.15, 0.2) is 0 Å². The number of amidine groups is 1. The van der Waals surface area contributed by atoms with Crippen LogP contribution in [0.4, 0.5) is 18.9 Å². The third-order valence-electron chi connectivity index (χ3n) is 6.40. The van der Waals surface area contributed by atoms with Crippen molar-refractivity contribution in [2.45, 2.75) is 46.0 Å². The molecule has 1 heterocycles. The van der Waals surface area contributed by atoms with Crippen LogP contribution in [-0.2, 0) is 6.18 Å². The van der Waals surface area contributed by atoms with Crippen LogP contribution in [0.25, 0.3) is 11.0 Å². The summed E-state index contributed by atoms with van der Waals surface area (Å²) in [5.41, 5.74) is 0.754. The van der Waals surface area contributed by atoms with Gasteiger partial charge in [0.05, 0.1) is 40.9 Å². The first-order valence-corrected chi connectivity index (χ1v) is 13.6. The Morgan fingerprint density at radius 2 is 1.86 bits per heavy atom. The average Bonchev–Trinajstić information content (AvgIpc) is 3.35. The van der Waals surface area contributed by atoms with Gasteiger partial charge in [-0.15, -0.1) is 13.2 Å². The minimum Gasteiger partial charge on any atom is -0.342 e. The number of carbonyl (C=O) groups excluding carboxylic acids is 1. The van der Waals surface area contributed by atoms with Gasteiger partial charge in [-0.25, -0.2) is 4.98 Å². The van der Waals surface area contributed by atoms with Crippen molar-refractivity contribution in [3.05, 3.63) is 95.3 Å². The third kappa shape index (κ3) is 8.56. The van der Waals surface area contributed by atoms with Crippen molar-refractivity contribution >= 4 is 40.1 Å². The Bertz CT molecular complexity index is 1460. The fourth-order valence-electron chi connectivity index (χ4n) is 4.22. The third-order valence-corrected chi connectivity index (χ3v) is 6.63. The van der Waals surface area contributed by atoms with Gasteiger partial charge in [0.2, 0.25) is 0 Å². The van der Waals surface area contributed by atoms with E-state index in [9.17, 15) is 18.0 Å². The number of imidazole rings is 1. The standard InChI is InChI=1S/C29H34ClF3N6O.C2H4/c1-7-8-9-17(2)19(4)39(26(34)16-38(5)6)25-13-10-20(14-22(25)29(31,32)33)28(40)35-18(3)27-36-23-12-11-21(30)15-24(23)37-27;1-2/h7-15,18-19,34H,16H2,1-6H3,(H,35,40)(H,36,37);1-2H2/b8-7-,17-9-,34-26?;/t18-,19?;/m0./s1. The summed E-state index contributed by atoms with van der Waals surface area (Å²) in [6.07, 6.45) is 0.660. The Labute approximate surface area is 250 Å². The zero-order valence-electron chi connectivity index (χ0n) is 24.7. The highest BCUT2D eigenvalue weighted by molar-refractivity contribution is 6.31. The molecule has 2 atom stereocenters. The van der Waals surface area contributed by atoms with E-state index in [0.717, 1.165) is 11.6 Å². The zero-order valence-corrected chi connectivity index (χ0v) is 25.5. The normalized spacial score (nSPS) is 13.5. The number of benzene rings is 2. The van der Waals surface area contributed by atoms with E-state index in [1.54, 1.807) is 57.1 Å². The minimum absolute atomic E-state index is 0.00737. The van der Waals surface area contributed by atoms with E-state index in [-0.39, 0.29) is 23.6 Å². The Balaban J connectivity index is 0.00000301. The minimum atomic E-state index is -4.77. The van der Waals surface area contributed by atoms with E-state index in [1.165, 1.54) is 17.0 Å². The molecule has 3 aromatic rings. The van der Waals surface area contributed by atoms with E-state index < -0.39 is 29.7 Å². The summed E-state index contributed by atoms with van der Waals surface area (Å²) in [5, 5.41) is 11.9. The van der Waals surface area contributed by atoms with Crippen LogP contribution in [0.3, 0.4) is 0 Å². The lowest BCUT2D eigenvalue weighted by atomic mass is 10.0. The largest absolute Gasteiger partial charge is 0.418 e. The highest BCUT2D eigenvalue weighted by Gasteiger charge is 2.38. The van der Waals surface area contributed by atoms with E-state index in [0.29, 0.717) is 21.9 Å². The molecule has 11 heteroatoms. The molecular formula is C31H38ClF3N6O. The van der Waals surface area contributed by atoms with Crippen LogP contribution in [0.15, 0.2) is 73.4 Å². The van der Waals surface area contributed by atoms with E-state index in [1.807, 2.05) is 26.0 Å². The molecule has 0 aliphatic carbocycles. The SMILES string of the molecule is C/C=C\C=C(\C)C(C)N(C(=N)CN(C)C)c1ccc(C(=O)N[C@@H](C)c2nc3ccc(Cl)cc3[nH]2)cc1C(F)(F)F.C=C.